The Bertz CT molecular complexity index is 1200. The van der Waals surface area contributed by atoms with Gasteiger partial charge in [0, 0.05) is 42.4 Å². The molecule has 0 aromatic heterocycles. The summed E-state index contributed by atoms with van der Waals surface area (Å²) in [5.74, 6) is -0.457. The molecule has 6 nitrogen and oxygen atoms in total. The van der Waals surface area contributed by atoms with Gasteiger partial charge in [-0.1, -0.05) is 68.9 Å². The average molecular weight is 538 g/mol. The molecule has 2 aliphatic carbocycles. The number of carbonyl (C=O) groups is 2. The summed E-state index contributed by atoms with van der Waals surface area (Å²) >= 11 is 24.3. The molecule has 0 atom stereocenters. The van der Waals surface area contributed by atoms with Crippen molar-refractivity contribution in [3.63, 3.8) is 0 Å². The third kappa shape index (κ3) is 5.36. The molecule has 0 heterocycles. The number of halogens is 4. The van der Waals surface area contributed by atoms with Crippen molar-refractivity contribution in [1.82, 2.24) is 0 Å². The first-order valence-electron chi connectivity index (χ1n) is 10.1. The molecule has 34 heavy (non-hydrogen) atoms. The summed E-state index contributed by atoms with van der Waals surface area (Å²) in [5, 5.41) is 9.31. The Labute approximate surface area is 215 Å². The average Bonchev–Trinajstić information content (AvgIpc) is 2.79. The van der Waals surface area contributed by atoms with Crippen molar-refractivity contribution in [2.75, 3.05) is 13.2 Å². The SMILES string of the molecule is O=C1C(/C=N/OCCO/N=C/C2=CCc3c(Cl)cc(Cl)cc3C2=O)=CCc2c(Cl)cc(Cl)cc21. The molecule has 2 aliphatic rings. The fraction of sp³-hybridized carbons (Fsp3) is 0.167. The van der Waals surface area contributed by atoms with E-state index in [1.54, 1.807) is 36.4 Å². The Morgan fingerprint density at radius 1 is 0.706 bits per heavy atom. The van der Waals surface area contributed by atoms with Crippen molar-refractivity contribution in [3.8, 4) is 0 Å². The summed E-state index contributed by atoms with van der Waals surface area (Å²) in [6.07, 6.45) is 7.11. The lowest BCUT2D eigenvalue weighted by Gasteiger charge is -2.15. The fourth-order valence-electron chi connectivity index (χ4n) is 3.54. The fourth-order valence-corrected chi connectivity index (χ4v) is 4.68. The van der Waals surface area contributed by atoms with Crippen molar-refractivity contribution >= 4 is 70.4 Å². The molecule has 10 heteroatoms. The Balaban J connectivity index is 1.24. The minimum absolute atomic E-state index is 0.0879. The van der Waals surface area contributed by atoms with E-state index in [9.17, 15) is 9.59 Å². The molecule has 4 rings (SSSR count). The second-order valence-corrected chi connectivity index (χ2v) is 9.04. The number of benzene rings is 2. The first kappa shape index (κ1) is 24.5. The van der Waals surface area contributed by atoms with Crippen LogP contribution in [-0.2, 0) is 22.5 Å². The second-order valence-electron chi connectivity index (χ2n) is 7.35. The predicted octanol–water partition coefficient (Wildman–Crippen LogP) is 6.34. The van der Waals surface area contributed by atoms with Crippen LogP contribution >= 0.6 is 46.4 Å². The Kier molecular flexibility index (Phi) is 7.73. The van der Waals surface area contributed by atoms with Gasteiger partial charge in [-0.3, -0.25) is 9.59 Å². The van der Waals surface area contributed by atoms with Gasteiger partial charge in [0.25, 0.3) is 0 Å². The minimum Gasteiger partial charge on any atom is -0.392 e. The van der Waals surface area contributed by atoms with Gasteiger partial charge in [0.15, 0.2) is 24.8 Å². The number of ketones is 2. The van der Waals surface area contributed by atoms with Gasteiger partial charge in [-0.25, -0.2) is 0 Å². The molecule has 174 valence electrons. The maximum absolute atomic E-state index is 12.6. The van der Waals surface area contributed by atoms with E-state index in [0.717, 1.165) is 11.1 Å². The van der Waals surface area contributed by atoms with Crippen LogP contribution in [0.25, 0.3) is 0 Å². The maximum Gasteiger partial charge on any atom is 0.194 e. The molecule has 0 N–H and O–H groups in total. The van der Waals surface area contributed by atoms with E-state index in [0.29, 0.717) is 55.2 Å². The molecule has 0 fully saturated rings. The van der Waals surface area contributed by atoms with E-state index in [1.165, 1.54) is 12.4 Å². The summed E-state index contributed by atoms with van der Waals surface area (Å²) in [6, 6.07) is 6.40. The highest BCUT2D eigenvalue weighted by Gasteiger charge is 2.23. The summed E-state index contributed by atoms with van der Waals surface area (Å²) in [4.78, 5) is 35.4. The molecule has 0 unspecified atom stereocenters. The molecule has 0 radical (unpaired) electrons. The highest BCUT2D eigenvalue weighted by molar-refractivity contribution is 6.37. The standard InChI is InChI=1S/C24H16Cl4N2O4/c25-15-7-19-17(21(27)9-15)3-1-13(23(19)31)11-29-33-5-6-34-30-12-14-2-4-18-20(24(14)32)8-16(26)10-22(18)28/h1-2,7-12H,3-6H2/b29-11+,30-12+. The molecule has 0 amide bonds. The normalized spacial score (nSPS) is 15.3. The Morgan fingerprint density at radius 3 is 1.53 bits per heavy atom. The van der Waals surface area contributed by atoms with Crippen LogP contribution in [-0.4, -0.2) is 37.2 Å². The summed E-state index contributed by atoms with van der Waals surface area (Å²) in [5.41, 5.74) is 3.15. The molecule has 0 saturated heterocycles. The quantitative estimate of drug-likeness (QED) is 0.235. The van der Waals surface area contributed by atoms with E-state index in [4.69, 9.17) is 56.1 Å². The number of hydrogen-bond acceptors (Lipinski definition) is 6. The zero-order valence-corrected chi connectivity index (χ0v) is 20.5. The molecule has 2 aromatic rings. The van der Waals surface area contributed by atoms with Gasteiger partial charge < -0.3 is 9.68 Å². The Hall–Kier alpha value is -2.64. The number of fused-ring (bicyclic) bond motifs is 2. The molecule has 0 bridgehead atoms. The van der Waals surface area contributed by atoms with Gasteiger partial charge in [0.05, 0.1) is 12.4 Å². The smallest absolute Gasteiger partial charge is 0.194 e. The third-order valence-corrected chi connectivity index (χ3v) is 6.30. The number of rotatable bonds is 7. The summed E-state index contributed by atoms with van der Waals surface area (Å²) in [6.45, 7) is 0.176. The first-order valence-corrected chi connectivity index (χ1v) is 11.6. The van der Waals surface area contributed by atoms with Crippen molar-refractivity contribution in [3.05, 3.63) is 89.9 Å². The van der Waals surface area contributed by atoms with Gasteiger partial charge in [-0.15, -0.1) is 0 Å². The van der Waals surface area contributed by atoms with Crippen LogP contribution in [0.1, 0.15) is 31.8 Å². The van der Waals surface area contributed by atoms with Crippen LogP contribution in [0.15, 0.2) is 57.9 Å². The van der Waals surface area contributed by atoms with E-state index < -0.39 is 0 Å². The number of hydrogen-bond donors (Lipinski definition) is 0. The van der Waals surface area contributed by atoms with Gasteiger partial charge in [-0.05, 0) is 48.2 Å². The number of oxime groups is 2. The first-order chi connectivity index (χ1) is 16.3. The van der Waals surface area contributed by atoms with Crippen molar-refractivity contribution in [2.24, 2.45) is 10.3 Å². The van der Waals surface area contributed by atoms with Crippen molar-refractivity contribution in [2.45, 2.75) is 12.8 Å². The van der Waals surface area contributed by atoms with Crippen molar-refractivity contribution in [1.29, 1.82) is 0 Å². The minimum atomic E-state index is -0.228. The topological polar surface area (TPSA) is 77.3 Å². The maximum atomic E-state index is 12.6. The van der Waals surface area contributed by atoms with E-state index >= 15 is 0 Å². The number of allylic oxidation sites excluding steroid dienone is 4. The lowest BCUT2D eigenvalue weighted by atomic mass is 9.91. The molecule has 0 aliphatic heterocycles. The third-order valence-electron chi connectivity index (χ3n) is 5.18. The van der Waals surface area contributed by atoms with Gasteiger partial charge in [0.1, 0.15) is 0 Å². The van der Waals surface area contributed by atoms with Gasteiger partial charge in [0.2, 0.25) is 0 Å². The molecular weight excluding hydrogens is 522 g/mol. The predicted molar refractivity (Wildman–Crippen MR) is 134 cm³/mol. The van der Waals surface area contributed by atoms with E-state index in [1.807, 2.05) is 0 Å². The van der Waals surface area contributed by atoms with Crippen LogP contribution < -0.4 is 0 Å². The highest BCUT2D eigenvalue weighted by atomic mass is 35.5. The lowest BCUT2D eigenvalue weighted by molar-refractivity contribution is 0.0552. The molecular formula is C24H16Cl4N2O4. The van der Waals surface area contributed by atoms with Crippen LogP contribution in [0, 0.1) is 0 Å². The van der Waals surface area contributed by atoms with Crippen LogP contribution in [0.5, 0.6) is 0 Å². The highest BCUT2D eigenvalue weighted by Crippen LogP contribution is 2.31. The Morgan fingerprint density at radius 2 is 1.12 bits per heavy atom. The monoisotopic (exact) mass is 536 g/mol. The van der Waals surface area contributed by atoms with E-state index in [-0.39, 0.29) is 24.8 Å². The summed E-state index contributed by atoms with van der Waals surface area (Å²) in [7, 11) is 0. The zero-order valence-electron chi connectivity index (χ0n) is 17.5. The summed E-state index contributed by atoms with van der Waals surface area (Å²) < 4.78 is 0. The molecule has 0 saturated carbocycles. The van der Waals surface area contributed by atoms with Crippen LogP contribution in [0.4, 0.5) is 0 Å². The van der Waals surface area contributed by atoms with Gasteiger partial charge in [-0.2, -0.15) is 0 Å². The number of Topliss-reactive ketones (excluding diaryl/α,β-unsaturated/α-hetero) is 2. The largest absolute Gasteiger partial charge is 0.392 e. The van der Waals surface area contributed by atoms with Gasteiger partial charge >= 0.3 is 0 Å². The van der Waals surface area contributed by atoms with Crippen molar-refractivity contribution < 1.29 is 19.3 Å². The van der Waals surface area contributed by atoms with Crippen LogP contribution in [0.2, 0.25) is 20.1 Å². The number of carbonyl (C=O) groups excluding carboxylic acids is 2. The molecule has 0 spiro atoms. The van der Waals surface area contributed by atoms with E-state index in [2.05, 4.69) is 10.3 Å². The molecule has 2 aromatic carbocycles. The number of nitrogens with zero attached hydrogens (tertiary/aromatic N) is 2. The zero-order chi connectivity index (χ0) is 24.2. The lowest BCUT2D eigenvalue weighted by Crippen LogP contribution is -2.14. The van der Waals surface area contributed by atoms with Crippen LogP contribution in [0.3, 0.4) is 0 Å². The second kappa shape index (κ2) is 10.7.